The van der Waals surface area contributed by atoms with Crippen molar-refractivity contribution in [3.8, 4) is 0 Å². The number of carbonyl (C=O) groups is 1. The third-order valence-corrected chi connectivity index (χ3v) is 5.31. The summed E-state index contributed by atoms with van der Waals surface area (Å²) in [5.41, 5.74) is 2.57. The number of benzene rings is 2. The zero-order chi connectivity index (χ0) is 16.6. The first-order valence-electron chi connectivity index (χ1n) is 6.91. The molecule has 1 aliphatic rings. The minimum atomic E-state index is -0.436. The van der Waals surface area contributed by atoms with Gasteiger partial charge in [0.1, 0.15) is 5.37 Å². The molecule has 23 heavy (non-hydrogen) atoms. The number of nitrogens with zero attached hydrogens (tertiary/aromatic N) is 2. The molecule has 118 valence electrons. The summed E-state index contributed by atoms with van der Waals surface area (Å²) in [7, 11) is 0. The Bertz CT molecular complexity index is 779. The van der Waals surface area contributed by atoms with E-state index in [0.717, 1.165) is 16.8 Å². The zero-order valence-corrected chi connectivity index (χ0v) is 13.8. The molecule has 1 aliphatic heterocycles. The second-order valence-electron chi connectivity index (χ2n) is 5.21. The standard InChI is InChI=1S/C16H13ClN2O3S/c1-10-2-5-13(8-14(10)17)18-15(20)9-23-16(18)11-3-6-12(7-4-11)19(21)22/h2-8,16H,9H2,1H3/t16-/m1/s1. The van der Waals surface area contributed by atoms with Gasteiger partial charge >= 0.3 is 0 Å². The minimum Gasteiger partial charge on any atom is -0.295 e. The molecular formula is C16H13ClN2O3S. The number of aryl methyl sites for hydroxylation is 1. The van der Waals surface area contributed by atoms with Gasteiger partial charge in [0.15, 0.2) is 0 Å². The molecule has 0 bridgehead atoms. The predicted molar refractivity (Wildman–Crippen MR) is 92.0 cm³/mol. The number of carbonyl (C=O) groups excluding carboxylic acids is 1. The first-order valence-corrected chi connectivity index (χ1v) is 8.34. The molecule has 0 radical (unpaired) electrons. The minimum absolute atomic E-state index is 0.00160. The van der Waals surface area contributed by atoms with Crippen molar-refractivity contribution in [1.29, 1.82) is 0 Å². The highest BCUT2D eigenvalue weighted by Crippen LogP contribution is 2.42. The number of amides is 1. The summed E-state index contributed by atoms with van der Waals surface area (Å²) in [6.07, 6.45) is 0. The number of anilines is 1. The fourth-order valence-electron chi connectivity index (χ4n) is 2.44. The van der Waals surface area contributed by atoms with Gasteiger partial charge in [-0.05, 0) is 42.3 Å². The summed E-state index contributed by atoms with van der Waals surface area (Å²) in [5, 5.41) is 11.2. The highest BCUT2D eigenvalue weighted by molar-refractivity contribution is 8.00. The molecule has 0 aliphatic carbocycles. The molecule has 1 fully saturated rings. The number of hydrogen-bond acceptors (Lipinski definition) is 4. The molecule has 0 unspecified atom stereocenters. The van der Waals surface area contributed by atoms with E-state index in [1.807, 2.05) is 19.1 Å². The lowest BCUT2D eigenvalue weighted by molar-refractivity contribution is -0.384. The van der Waals surface area contributed by atoms with Crippen molar-refractivity contribution in [2.75, 3.05) is 10.7 Å². The summed E-state index contributed by atoms with van der Waals surface area (Å²) >= 11 is 7.66. The van der Waals surface area contributed by atoms with Gasteiger partial charge in [-0.1, -0.05) is 17.7 Å². The highest BCUT2D eigenvalue weighted by atomic mass is 35.5. The normalized spacial score (nSPS) is 17.6. The van der Waals surface area contributed by atoms with Crippen LogP contribution in [0.25, 0.3) is 0 Å². The molecule has 0 saturated carbocycles. The molecule has 0 aromatic heterocycles. The van der Waals surface area contributed by atoms with E-state index in [4.69, 9.17) is 11.6 Å². The van der Waals surface area contributed by atoms with Crippen molar-refractivity contribution in [1.82, 2.24) is 0 Å². The van der Waals surface area contributed by atoms with E-state index in [9.17, 15) is 14.9 Å². The van der Waals surface area contributed by atoms with E-state index < -0.39 is 4.92 Å². The van der Waals surface area contributed by atoms with Crippen LogP contribution < -0.4 is 4.90 Å². The SMILES string of the molecule is Cc1ccc(N2C(=O)CS[C@@H]2c2ccc([N+](=O)[O-])cc2)cc1Cl. The van der Waals surface area contributed by atoms with Crippen LogP contribution in [0.4, 0.5) is 11.4 Å². The van der Waals surface area contributed by atoms with Crippen molar-refractivity contribution >= 4 is 40.6 Å². The number of thioether (sulfide) groups is 1. The Hall–Kier alpha value is -2.05. The van der Waals surface area contributed by atoms with Crippen LogP contribution in [0, 0.1) is 17.0 Å². The van der Waals surface area contributed by atoms with Gasteiger partial charge in [-0.3, -0.25) is 19.8 Å². The maximum Gasteiger partial charge on any atom is 0.269 e. The van der Waals surface area contributed by atoms with E-state index in [1.54, 1.807) is 23.1 Å². The Labute approximate surface area is 142 Å². The molecule has 5 nitrogen and oxygen atoms in total. The molecule has 7 heteroatoms. The van der Waals surface area contributed by atoms with Gasteiger partial charge in [-0.15, -0.1) is 11.8 Å². The molecule has 0 spiro atoms. The maximum absolute atomic E-state index is 12.3. The van der Waals surface area contributed by atoms with Gasteiger partial charge < -0.3 is 0 Å². The Morgan fingerprint density at radius 1 is 1.26 bits per heavy atom. The molecule has 2 aromatic carbocycles. The highest BCUT2D eigenvalue weighted by Gasteiger charge is 2.34. The first kappa shape index (κ1) is 15.8. The van der Waals surface area contributed by atoms with Crippen LogP contribution in [0.15, 0.2) is 42.5 Å². The summed E-state index contributed by atoms with van der Waals surface area (Å²) in [6.45, 7) is 1.90. The Kier molecular flexibility index (Phi) is 4.28. The van der Waals surface area contributed by atoms with Crippen LogP contribution in [0.5, 0.6) is 0 Å². The van der Waals surface area contributed by atoms with E-state index in [2.05, 4.69) is 0 Å². The lowest BCUT2D eigenvalue weighted by atomic mass is 10.1. The third kappa shape index (κ3) is 3.04. The van der Waals surface area contributed by atoms with Crippen molar-refractivity contribution in [3.63, 3.8) is 0 Å². The van der Waals surface area contributed by atoms with Gasteiger partial charge in [0.2, 0.25) is 5.91 Å². The van der Waals surface area contributed by atoms with Crippen molar-refractivity contribution in [2.45, 2.75) is 12.3 Å². The average molecular weight is 349 g/mol. The number of hydrogen-bond donors (Lipinski definition) is 0. The molecule has 1 atom stereocenters. The first-order chi connectivity index (χ1) is 11.0. The van der Waals surface area contributed by atoms with Crippen LogP contribution in [0.3, 0.4) is 0 Å². The van der Waals surface area contributed by atoms with Gasteiger partial charge in [0.25, 0.3) is 5.69 Å². The number of nitro groups is 1. The van der Waals surface area contributed by atoms with Gasteiger partial charge in [0.05, 0.1) is 10.7 Å². The van der Waals surface area contributed by atoms with Crippen molar-refractivity contribution in [2.24, 2.45) is 0 Å². The third-order valence-electron chi connectivity index (χ3n) is 3.69. The second-order valence-corrected chi connectivity index (χ2v) is 6.68. The van der Waals surface area contributed by atoms with Crippen LogP contribution in [0.1, 0.15) is 16.5 Å². The summed E-state index contributed by atoms with van der Waals surface area (Å²) in [5.74, 6) is 0.367. The maximum atomic E-state index is 12.3. The lowest BCUT2D eigenvalue weighted by Crippen LogP contribution is -2.27. The topological polar surface area (TPSA) is 63.5 Å². The van der Waals surface area contributed by atoms with Crippen LogP contribution in [-0.2, 0) is 4.79 Å². The number of non-ortho nitro benzene ring substituents is 1. The number of nitro benzene ring substituents is 1. The van der Waals surface area contributed by atoms with E-state index in [-0.39, 0.29) is 17.0 Å². The molecule has 2 aromatic rings. The molecule has 0 N–H and O–H groups in total. The summed E-state index contributed by atoms with van der Waals surface area (Å²) in [4.78, 5) is 24.3. The largest absolute Gasteiger partial charge is 0.295 e. The molecule has 1 heterocycles. The lowest BCUT2D eigenvalue weighted by Gasteiger charge is -2.24. The van der Waals surface area contributed by atoms with Gasteiger partial charge in [-0.2, -0.15) is 0 Å². The smallest absolute Gasteiger partial charge is 0.269 e. The average Bonchev–Trinajstić information content (AvgIpc) is 2.92. The Morgan fingerprint density at radius 3 is 2.57 bits per heavy atom. The Balaban J connectivity index is 1.96. The van der Waals surface area contributed by atoms with Gasteiger partial charge in [0, 0.05) is 22.8 Å². The van der Waals surface area contributed by atoms with Crippen molar-refractivity contribution in [3.05, 3.63) is 68.7 Å². The predicted octanol–water partition coefficient (Wildman–Crippen LogP) is 4.34. The van der Waals surface area contributed by atoms with Crippen LogP contribution in [0.2, 0.25) is 5.02 Å². The quantitative estimate of drug-likeness (QED) is 0.611. The van der Waals surface area contributed by atoms with Gasteiger partial charge in [-0.25, -0.2) is 0 Å². The Morgan fingerprint density at radius 2 is 1.96 bits per heavy atom. The molecular weight excluding hydrogens is 336 g/mol. The van der Waals surface area contributed by atoms with Crippen LogP contribution >= 0.6 is 23.4 Å². The summed E-state index contributed by atoms with van der Waals surface area (Å²) in [6, 6.07) is 11.8. The zero-order valence-electron chi connectivity index (χ0n) is 12.2. The monoisotopic (exact) mass is 348 g/mol. The number of rotatable bonds is 3. The molecule has 1 amide bonds. The van der Waals surface area contributed by atoms with E-state index >= 15 is 0 Å². The fraction of sp³-hybridized carbons (Fsp3) is 0.188. The summed E-state index contributed by atoms with van der Waals surface area (Å²) < 4.78 is 0. The number of halogens is 1. The van der Waals surface area contributed by atoms with Crippen LogP contribution in [-0.4, -0.2) is 16.6 Å². The molecule has 1 saturated heterocycles. The van der Waals surface area contributed by atoms with Crippen molar-refractivity contribution < 1.29 is 9.72 Å². The fourth-order valence-corrected chi connectivity index (χ4v) is 3.79. The van der Waals surface area contributed by atoms with E-state index in [1.165, 1.54) is 23.9 Å². The second kappa shape index (κ2) is 6.22. The molecule has 3 rings (SSSR count). The van der Waals surface area contributed by atoms with E-state index in [0.29, 0.717) is 10.8 Å².